The van der Waals surface area contributed by atoms with Gasteiger partial charge in [0.05, 0.1) is 5.56 Å². The molecule has 0 radical (unpaired) electrons. The number of alkyl halides is 3. The van der Waals surface area contributed by atoms with Gasteiger partial charge in [0.25, 0.3) is 0 Å². The summed E-state index contributed by atoms with van der Waals surface area (Å²) in [6.45, 7) is 62.4. The summed E-state index contributed by atoms with van der Waals surface area (Å²) >= 11 is 21.7. The molecule has 0 unspecified atom stereocenters. The van der Waals surface area contributed by atoms with Crippen molar-refractivity contribution in [2.45, 2.75) is 327 Å². The molecule has 16 rings (SSSR count). The first-order chi connectivity index (χ1) is 66.0. The van der Waals surface area contributed by atoms with Gasteiger partial charge in [0.1, 0.15) is 53.2 Å². The number of piperazine rings is 1. The molecule has 8 aliphatic rings. The summed E-state index contributed by atoms with van der Waals surface area (Å²) in [6.07, 6.45) is 14.5. The Bertz CT molecular complexity index is 3950. The molecular formula is C116H170Cl3F4N9O4S2. The number of thioether (sulfide) groups is 2. The van der Waals surface area contributed by atoms with Gasteiger partial charge in [-0.25, -0.2) is 4.39 Å². The zero-order valence-electron chi connectivity index (χ0n) is 86.9. The molecule has 8 fully saturated rings. The predicted molar refractivity (Wildman–Crippen MR) is 579 cm³/mol. The second-order valence-electron chi connectivity index (χ2n) is 41.0. The molecule has 0 N–H and O–H groups in total. The molecule has 8 aromatic carbocycles. The molecule has 0 aliphatic carbocycles. The number of piperidine rings is 7. The average Bonchev–Trinajstić information content (AvgIpc) is 0.849. The van der Waals surface area contributed by atoms with Crippen molar-refractivity contribution in [1.82, 2.24) is 44.1 Å². The Hall–Kier alpha value is -6.11. The van der Waals surface area contributed by atoms with E-state index in [1.807, 2.05) is 60.3 Å². The molecule has 0 bridgehead atoms. The monoisotopic (exact) mass is 2000 g/mol. The average molecular weight is 2000 g/mol. The van der Waals surface area contributed by atoms with E-state index in [4.69, 9.17) is 53.8 Å². The summed E-state index contributed by atoms with van der Waals surface area (Å²) in [5.41, 5.74) is 4.85. The number of hydrogen-bond acceptors (Lipinski definition) is 15. The van der Waals surface area contributed by atoms with E-state index in [0.717, 1.165) is 177 Å². The first kappa shape index (κ1) is 115. The minimum Gasteiger partial charge on any atom is -0.490 e. The Morgan fingerprint density at radius 2 is 0.543 bits per heavy atom. The first-order valence-electron chi connectivity index (χ1n) is 52.0. The van der Waals surface area contributed by atoms with Gasteiger partial charge in [0, 0.05) is 169 Å². The number of halogens is 7. The van der Waals surface area contributed by atoms with E-state index in [2.05, 4.69) is 284 Å². The van der Waals surface area contributed by atoms with Gasteiger partial charge in [-0.05, 0) is 411 Å². The Balaban J connectivity index is 0.000000177. The van der Waals surface area contributed by atoms with E-state index >= 15 is 0 Å². The molecule has 13 nitrogen and oxygen atoms in total. The fourth-order valence-corrected chi connectivity index (χ4v) is 21.2. The highest BCUT2D eigenvalue weighted by molar-refractivity contribution is 8.00. The number of rotatable bonds is 24. The van der Waals surface area contributed by atoms with Crippen LogP contribution in [0.5, 0.6) is 23.0 Å². The molecule has 8 saturated heterocycles. The van der Waals surface area contributed by atoms with Gasteiger partial charge in [-0.1, -0.05) is 113 Å². The SMILES string of the molecule is CC(C)N1CCC(Cc2ccccc2)CC1.CC(C)N1CCC(Oc2ccc(C(F)(F)F)cc2)CC1.CC(C)N1CCC(Oc2ccc(Cl)cc2)CC1.CC(C)N1CCC(Oc2ccc(F)cc2)CC1.CC(C)N1CCC(Sc2ccc(Cl)cc2)CC1.CC(C)N1CCN(Cc2ccc(Cl)cc2)CC1.Cc1ccc(OC2CCN(C(C)C)CC2)cc1.Cc1ccc(SC2CCN(C(C)C)CC2)cc1. The van der Waals surface area contributed by atoms with Crippen molar-refractivity contribution < 1.29 is 36.5 Å². The smallest absolute Gasteiger partial charge is 0.416 e. The van der Waals surface area contributed by atoms with Gasteiger partial charge in [-0.2, -0.15) is 13.2 Å². The van der Waals surface area contributed by atoms with Crippen LogP contribution in [0.1, 0.15) is 228 Å². The Morgan fingerprint density at radius 3 is 0.855 bits per heavy atom. The second-order valence-corrected chi connectivity index (χ2v) is 45.0. The molecule has 8 aliphatic heterocycles. The molecule has 138 heavy (non-hydrogen) atoms. The summed E-state index contributed by atoms with van der Waals surface area (Å²) in [7, 11) is 0. The van der Waals surface area contributed by atoms with Crippen molar-refractivity contribution in [2.75, 3.05) is 118 Å². The summed E-state index contributed by atoms with van der Waals surface area (Å²) in [5, 5.41) is 3.98. The molecule has 0 atom stereocenters. The van der Waals surface area contributed by atoms with Gasteiger partial charge in [-0.15, -0.1) is 23.5 Å². The van der Waals surface area contributed by atoms with Gasteiger partial charge >= 0.3 is 6.18 Å². The number of nitrogens with zero attached hydrogens (tertiary/aromatic N) is 9. The van der Waals surface area contributed by atoms with Crippen LogP contribution in [0, 0.1) is 25.6 Å². The van der Waals surface area contributed by atoms with Crippen LogP contribution in [0.4, 0.5) is 17.6 Å². The molecule has 764 valence electrons. The molecule has 0 saturated carbocycles. The minimum atomic E-state index is -4.29. The lowest BCUT2D eigenvalue weighted by atomic mass is 9.90. The van der Waals surface area contributed by atoms with Gasteiger partial charge in [-0.3, -0.25) is 9.80 Å². The highest BCUT2D eigenvalue weighted by atomic mass is 35.5. The normalized spacial score (nSPS) is 18.7. The van der Waals surface area contributed by atoms with Crippen molar-refractivity contribution >= 4 is 58.3 Å². The predicted octanol–water partition coefficient (Wildman–Crippen LogP) is 28.4. The van der Waals surface area contributed by atoms with Gasteiger partial charge in [0.15, 0.2) is 0 Å². The fourth-order valence-electron chi connectivity index (χ4n) is 18.6. The zero-order valence-corrected chi connectivity index (χ0v) is 90.8. The molecule has 22 heteroatoms. The molecule has 0 amide bonds. The van der Waals surface area contributed by atoms with Crippen LogP contribution in [0.15, 0.2) is 210 Å². The lowest BCUT2D eigenvalue weighted by Gasteiger charge is -2.36. The minimum absolute atomic E-state index is 0.0988. The molecule has 0 spiro atoms. The molecule has 8 heterocycles. The van der Waals surface area contributed by atoms with Crippen molar-refractivity contribution in [3.05, 3.63) is 249 Å². The highest BCUT2D eigenvalue weighted by Gasteiger charge is 2.33. The van der Waals surface area contributed by atoms with Crippen LogP contribution < -0.4 is 18.9 Å². The Kier molecular flexibility index (Phi) is 51.2. The highest BCUT2D eigenvalue weighted by Crippen LogP contribution is 2.36. The maximum atomic E-state index is 12.7. The zero-order chi connectivity index (χ0) is 99.6. The van der Waals surface area contributed by atoms with E-state index in [1.54, 1.807) is 12.1 Å². The maximum absolute atomic E-state index is 12.7. The van der Waals surface area contributed by atoms with E-state index in [1.165, 1.54) is 167 Å². The molecular weight excluding hydrogens is 1830 g/mol. The van der Waals surface area contributed by atoms with Crippen LogP contribution in [-0.4, -0.2) is 245 Å². The van der Waals surface area contributed by atoms with Crippen molar-refractivity contribution in [1.29, 1.82) is 0 Å². The maximum Gasteiger partial charge on any atom is 0.416 e. The number of ether oxygens (including phenoxy) is 4. The third-order valence-corrected chi connectivity index (χ3v) is 31.4. The van der Waals surface area contributed by atoms with Crippen LogP contribution in [0.2, 0.25) is 15.1 Å². The molecule has 0 aromatic heterocycles. The summed E-state index contributed by atoms with van der Waals surface area (Å²) < 4.78 is 73.7. The number of aryl methyl sites for hydroxylation is 2. The summed E-state index contributed by atoms with van der Waals surface area (Å²) in [5.74, 6) is 3.91. The van der Waals surface area contributed by atoms with E-state index in [-0.39, 0.29) is 18.0 Å². The molecule has 8 aromatic rings. The third-order valence-electron chi connectivity index (χ3n) is 27.9. The van der Waals surface area contributed by atoms with Crippen molar-refractivity contribution in [3.8, 4) is 23.0 Å². The van der Waals surface area contributed by atoms with Crippen LogP contribution >= 0.6 is 58.3 Å². The summed E-state index contributed by atoms with van der Waals surface area (Å²) in [6, 6.07) is 68.7. The van der Waals surface area contributed by atoms with Crippen molar-refractivity contribution in [3.63, 3.8) is 0 Å². The quantitative estimate of drug-likeness (QED) is 0.0539. The topological polar surface area (TPSA) is 66.1 Å². The van der Waals surface area contributed by atoms with Gasteiger partial charge < -0.3 is 53.2 Å². The third kappa shape index (κ3) is 43.8. The fraction of sp³-hybridized carbons (Fsp3) is 0.586. The lowest BCUT2D eigenvalue weighted by Crippen LogP contribution is -2.48. The van der Waals surface area contributed by atoms with Crippen LogP contribution in [-0.2, 0) is 19.1 Å². The Labute approximate surface area is 855 Å². The number of likely N-dealkylation sites (tertiary alicyclic amines) is 7. The van der Waals surface area contributed by atoms with E-state index < -0.39 is 11.7 Å². The lowest BCUT2D eigenvalue weighted by molar-refractivity contribution is -0.137. The van der Waals surface area contributed by atoms with Crippen LogP contribution in [0.3, 0.4) is 0 Å². The van der Waals surface area contributed by atoms with Gasteiger partial charge in [0.2, 0.25) is 0 Å². The summed E-state index contributed by atoms with van der Waals surface area (Å²) in [4.78, 5) is 25.5. The van der Waals surface area contributed by atoms with Crippen LogP contribution in [0.25, 0.3) is 0 Å². The second kappa shape index (κ2) is 61.2. The number of hydrogen-bond donors (Lipinski definition) is 0. The Morgan fingerprint density at radius 1 is 0.290 bits per heavy atom. The number of benzene rings is 8. The van der Waals surface area contributed by atoms with E-state index in [0.29, 0.717) is 60.3 Å². The standard InChI is InChI=1S/C15H20F3NO.C15H23NO.C15H23NS.C15H23N.C14H21ClN2.C14H20ClNO.C14H20ClNS.C14H20FNO/c1-11(2)19-9-7-14(8-10-19)20-13-5-3-12(4-6-13)15(16,17)18;2*1-12(2)16-10-8-15(9-11-16)17-14-6-4-13(3)5-7-14;1-13(2)16-10-8-15(9-11-16)12-14-6-4-3-5-7-14;1-12(2)17-9-7-16(8-10-17)11-13-3-5-14(15)6-4-13;3*1-11(2)16-9-7-14(8-10-16)17-13-5-3-12(15)4-6-13/h3-6,11,14H,7-10H2,1-2H3;2*4-7,12,15H,8-11H2,1-3H3;3-7,13,15H,8-12H2,1-2H3;3-6,12H,7-11H2,1-2H3;3*3-6,11,14H,7-10H2,1-2H3. The largest absolute Gasteiger partial charge is 0.490 e. The van der Waals surface area contributed by atoms with Crippen molar-refractivity contribution in [2.24, 2.45) is 5.92 Å². The van der Waals surface area contributed by atoms with E-state index in [9.17, 15) is 17.6 Å². The first-order valence-corrected chi connectivity index (χ1v) is 54.9.